The molecule has 0 spiro atoms. The van der Waals surface area contributed by atoms with Gasteiger partial charge in [-0.25, -0.2) is 0 Å². The Morgan fingerprint density at radius 3 is 2.19 bits per heavy atom. The average molecular weight is 383 g/mol. The Balaban J connectivity index is 2.10. The molecule has 0 radical (unpaired) electrons. The van der Waals surface area contributed by atoms with E-state index in [-0.39, 0.29) is 6.61 Å². The van der Waals surface area contributed by atoms with Gasteiger partial charge in [0.15, 0.2) is 12.6 Å². The second kappa shape index (κ2) is 9.66. The normalized spacial score (nSPS) is 47.1. The molecule has 2 aliphatic rings. The summed E-state index contributed by atoms with van der Waals surface area (Å²) < 4.78 is 21.8. The van der Waals surface area contributed by atoms with Crippen LogP contribution in [-0.4, -0.2) is 112 Å². The molecule has 2 rings (SSSR count). The summed E-state index contributed by atoms with van der Waals surface area (Å²) in [7, 11) is 0. The van der Waals surface area contributed by atoms with E-state index in [2.05, 4.69) is 0 Å². The van der Waals surface area contributed by atoms with E-state index in [4.69, 9.17) is 24.7 Å². The maximum Gasteiger partial charge on any atom is 0.187 e. The van der Waals surface area contributed by atoms with E-state index in [9.17, 15) is 30.6 Å². The number of ether oxygens (including phenoxy) is 4. The topological polar surface area (TPSA) is 184 Å². The number of nitrogens with two attached hydrogens (primary N) is 1. The monoisotopic (exact) mass is 383 g/mol. The quantitative estimate of drug-likeness (QED) is 0.213. The SMILES string of the molecule is C[C@@H]1O[C@@H](OCCCN)[C@@H](O[C@H]2O[C@H](CO)[C@H](O)[C@H](O)[C@H]2O)[C@H](O)[C@@H]1O. The van der Waals surface area contributed by atoms with E-state index in [1.807, 2.05) is 0 Å². The first kappa shape index (κ1) is 21.9. The van der Waals surface area contributed by atoms with Gasteiger partial charge in [0.25, 0.3) is 0 Å². The Hall–Kier alpha value is -0.440. The van der Waals surface area contributed by atoms with Crippen molar-refractivity contribution < 1.29 is 49.6 Å². The molecule has 0 aromatic heterocycles. The Labute approximate surface area is 150 Å². The minimum Gasteiger partial charge on any atom is -0.394 e. The van der Waals surface area contributed by atoms with Crippen LogP contribution in [0.2, 0.25) is 0 Å². The third kappa shape index (κ3) is 4.69. The molecule has 26 heavy (non-hydrogen) atoms. The Kier molecular flexibility index (Phi) is 8.12. The van der Waals surface area contributed by atoms with Gasteiger partial charge in [0.1, 0.15) is 42.7 Å². The zero-order valence-electron chi connectivity index (χ0n) is 14.5. The third-order valence-corrected chi connectivity index (χ3v) is 4.55. The fraction of sp³-hybridized carbons (Fsp3) is 1.00. The molecular formula is C15H29NO10. The van der Waals surface area contributed by atoms with E-state index < -0.39 is 68.0 Å². The molecule has 2 aliphatic heterocycles. The van der Waals surface area contributed by atoms with Crippen LogP contribution in [0.25, 0.3) is 0 Å². The lowest BCUT2D eigenvalue weighted by atomic mass is 9.97. The number of rotatable bonds is 7. The largest absolute Gasteiger partial charge is 0.394 e. The van der Waals surface area contributed by atoms with Crippen molar-refractivity contribution in [3.8, 4) is 0 Å². The van der Waals surface area contributed by atoms with Gasteiger partial charge in [0, 0.05) is 0 Å². The van der Waals surface area contributed by atoms with Crippen molar-refractivity contribution >= 4 is 0 Å². The summed E-state index contributed by atoms with van der Waals surface area (Å²) in [5.41, 5.74) is 5.41. The second-order valence-electron chi connectivity index (χ2n) is 6.50. The summed E-state index contributed by atoms with van der Waals surface area (Å²) in [6.07, 6.45) is -12.7. The molecule has 154 valence electrons. The van der Waals surface area contributed by atoms with Crippen LogP contribution in [0.5, 0.6) is 0 Å². The average Bonchev–Trinajstić information content (AvgIpc) is 2.63. The van der Waals surface area contributed by atoms with Crippen LogP contribution in [0.3, 0.4) is 0 Å². The predicted octanol–water partition coefficient (Wildman–Crippen LogP) is -4.00. The highest BCUT2D eigenvalue weighted by Crippen LogP contribution is 2.29. The molecule has 0 aromatic carbocycles. The second-order valence-corrected chi connectivity index (χ2v) is 6.50. The summed E-state index contributed by atoms with van der Waals surface area (Å²) in [4.78, 5) is 0. The molecule has 8 N–H and O–H groups in total. The Bertz CT molecular complexity index is 427. The third-order valence-electron chi connectivity index (χ3n) is 4.55. The van der Waals surface area contributed by atoms with Crippen molar-refractivity contribution in [2.75, 3.05) is 19.8 Å². The molecule has 0 amide bonds. The molecule has 0 unspecified atom stereocenters. The maximum absolute atomic E-state index is 10.3. The molecule has 11 nitrogen and oxygen atoms in total. The summed E-state index contributed by atoms with van der Waals surface area (Å²) in [5.74, 6) is 0. The highest BCUT2D eigenvalue weighted by Gasteiger charge is 2.50. The smallest absolute Gasteiger partial charge is 0.187 e. The van der Waals surface area contributed by atoms with Crippen molar-refractivity contribution in [3.05, 3.63) is 0 Å². The van der Waals surface area contributed by atoms with Gasteiger partial charge in [-0.2, -0.15) is 0 Å². The van der Waals surface area contributed by atoms with Crippen LogP contribution in [0.15, 0.2) is 0 Å². The Morgan fingerprint density at radius 2 is 1.58 bits per heavy atom. The minimum absolute atomic E-state index is 0.214. The van der Waals surface area contributed by atoms with E-state index in [1.54, 1.807) is 6.92 Å². The predicted molar refractivity (Wildman–Crippen MR) is 84.6 cm³/mol. The minimum atomic E-state index is -1.65. The zero-order chi connectivity index (χ0) is 19.4. The van der Waals surface area contributed by atoms with Gasteiger partial charge in [-0.1, -0.05) is 0 Å². The van der Waals surface area contributed by atoms with Gasteiger partial charge in [-0.3, -0.25) is 0 Å². The van der Waals surface area contributed by atoms with Crippen LogP contribution in [0.4, 0.5) is 0 Å². The van der Waals surface area contributed by atoms with Gasteiger partial charge in [-0.05, 0) is 19.9 Å². The fourth-order valence-corrected chi connectivity index (χ4v) is 2.90. The lowest BCUT2D eigenvalue weighted by molar-refractivity contribution is -0.364. The Morgan fingerprint density at radius 1 is 0.885 bits per heavy atom. The molecule has 2 saturated heterocycles. The standard InChI is InChI=1S/C15H29NO10/c1-6-8(18)11(21)13(15(24-6)23-4-2-3-16)26-14-12(22)10(20)9(19)7(5-17)25-14/h6-15,17-22H,2-5,16H2,1H3/t6-,7+,8+,9-,10-,11+,12+,13-,14+,15+/m0/s1. The molecule has 0 aliphatic carbocycles. The van der Waals surface area contributed by atoms with Crippen LogP contribution >= 0.6 is 0 Å². The maximum atomic E-state index is 10.3. The van der Waals surface area contributed by atoms with Gasteiger partial charge in [0.2, 0.25) is 0 Å². The molecule has 11 heteroatoms. The van der Waals surface area contributed by atoms with Crippen molar-refractivity contribution in [1.82, 2.24) is 0 Å². The van der Waals surface area contributed by atoms with Crippen molar-refractivity contribution in [1.29, 1.82) is 0 Å². The zero-order valence-corrected chi connectivity index (χ0v) is 14.5. The highest BCUT2D eigenvalue weighted by molar-refractivity contribution is 4.92. The number of aliphatic hydroxyl groups is 6. The first-order chi connectivity index (χ1) is 12.3. The van der Waals surface area contributed by atoms with Gasteiger partial charge in [0.05, 0.1) is 19.3 Å². The van der Waals surface area contributed by atoms with Gasteiger partial charge in [-0.15, -0.1) is 0 Å². The molecular weight excluding hydrogens is 354 g/mol. The molecule has 0 saturated carbocycles. The summed E-state index contributed by atoms with van der Waals surface area (Å²) in [6, 6.07) is 0. The summed E-state index contributed by atoms with van der Waals surface area (Å²) in [6.45, 7) is 1.53. The first-order valence-corrected chi connectivity index (χ1v) is 8.61. The van der Waals surface area contributed by atoms with E-state index in [0.29, 0.717) is 13.0 Å². The van der Waals surface area contributed by atoms with E-state index >= 15 is 0 Å². The first-order valence-electron chi connectivity index (χ1n) is 8.61. The highest BCUT2D eigenvalue weighted by atomic mass is 16.8. The van der Waals surface area contributed by atoms with Crippen LogP contribution in [0, 0.1) is 0 Å². The van der Waals surface area contributed by atoms with Crippen molar-refractivity contribution in [2.45, 2.75) is 74.8 Å². The van der Waals surface area contributed by atoms with Crippen LogP contribution in [0.1, 0.15) is 13.3 Å². The lowest BCUT2D eigenvalue weighted by Gasteiger charge is -2.45. The lowest BCUT2D eigenvalue weighted by Crippen LogP contribution is -2.64. The van der Waals surface area contributed by atoms with Crippen LogP contribution in [-0.2, 0) is 18.9 Å². The number of hydrogen-bond donors (Lipinski definition) is 7. The van der Waals surface area contributed by atoms with Crippen molar-refractivity contribution in [2.24, 2.45) is 5.73 Å². The molecule has 0 aromatic rings. The molecule has 2 fully saturated rings. The summed E-state index contributed by atoms with van der Waals surface area (Å²) in [5, 5.41) is 59.3. The number of hydrogen-bond acceptors (Lipinski definition) is 11. The van der Waals surface area contributed by atoms with Gasteiger partial charge >= 0.3 is 0 Å². The van der Waals surface area contributed by atoms with Gasteiger partial charge < -0.3 is 55.3 Å². The van der Waals surface area contributed by atoms with Crippen LogP contribution < -0.4 is 5.73 Å². The van der Waals surface area contributed by atoms with Crippen molar-refractivity contribution in [3.63, 3.8) is 0 Å². The van der Waals surface area contributed by atoms with E-state index in [1.165, 1.54) is 0 Å². The summed E-state index contributed by atoms with van der Waals surface area (Å²) >= 11 is 0. The molecule has 2 heterocycles. The van der Waals surface area contributed by atoms with E-state index in [0.717, 1.165) is 0 Å². The molecule has 0 bridgehead atoms. The fourth-order valence-electron chi connectivity index (χ4n) is 2.90. The number of aliphatic hydroxyl groups excluding tert-OH is 6. The molecule has 10 atom stereocenters.